The summed E-state index contributed by atoms with van der Waals surface area (Å²) in [6.07, 6.45) is 1.42. The van der Waals surface area contributed by atoms with Gasteiger partial charge in [-0.15, -0.1) is 0 Å². The number of sulfonamides is 1. The molecule has 0 aromatic heterocycles. The van der Waals surface area contributed by atoms with E-state index in [0.29, 0.717) is 12.1 Å². The Morgan fingerprint density at radius 2 is 2.20 bits per heavy atom. The van der Waals surface area contributed by atoms with E-state index in [1.165, 1.54) is 14.0 Å². The van der Waals surface area contributed by atoms with Crippen LogP contribution in [0.1, 0.15) is 30.5 Å². The third-order valence-electron chi connectivity index (χ3n) is 3.55. The topological polar surface area (TPSA) is 98.5 Å². The third-order valence-corrected chi connectivity index (χ3v) is 5.29. The molecule has 1 aromatic carbocycles. The number of ether oxygens (including phenoxy) is 1. The van der Waals surface area contributed by atoms with Crippen LogP contribution in [0.2, 0.25) is 0 Å². The summed E-state index contributed by atoms with van der Waals surface area (Å²) in [5, 5.41) is -1.23. The average Bonchev–Trinajstić information content (AvgIpc) is 2.78. The zero-order chi connectivity index (χ0) is 14.9. The van der Waals surface area contributed by atoms with Crippen molar-refractivity contribution in [3.8, 4) is 0 Å². The van der Waals surface area contributed by atoms with Crippen molar-refractivity contribution in [2.45, 2.75) is 31.1 Å². The third kappa shape index (κ3) is 2.78. The molecule has 0 bridgehead atoms. The number of carbonyl (C=O) groups excluding carboxylic acids is 1. The van der Waals surface area contributed by atoms with Gasteiger partial charge in [-0.3, -0.25) is 4.79 Å². The molecule has 1 aliphatic carbocycles. The molecular formula is C13H18N2O4S. The van der Waals surface area contributed by atoms with Gasteiger partial charge < -0.3 is 10.5 Å². The molecule has 0 amide bonds. The van der Waals surface area contributed by atoms with Crippen molar-refractivity contribution in [1.29, 1.82) is 0 Å². The van der Waals surface area contributed by atoms with E-state index in [2.05, 4.69) is 9.46 Å². The second-order valence-corrected chi connectivity index (χ2v) is 6.91. The molecule has 0 spiro atoms. The van der Waals surface area contributed by atoms with Crippen LogP contribution in [0.4, 0.5) is 5.69 Å². The molecule has 6 nitrogen and oxygen atoms in total. The summed E-state index contributed by atoms with van der Waals surface area (Å²) < 4.78 is 31.3. The van der Waals surface area contributed by atoms with Gasteiger partial charge in [0, 0.05) is 11.7 Å². The number of nitrogens with two attached hydrogens (primary N) is 1. The summed E-state index contributed by atoms with van der Waals surface area (Å²) in [5.41, 5.74) is 8.33. The Morgan fingerprint density at radius 1 is 1.50 bits per heavy atom. The molecule has 1 aromatic rings. The normalized spacial score (nSPS) is 19.4. The molecule has 2 atom stereocenters. The first-order valence-electron chi connectivity index (χ1n) is 6.32. The number of fused-ring (bicyclic) bond motifs is 1. The molecule has 0 saturated carbocycles. The lowest BCUT2D eigenvalue weighted by Crippen LogP contribution is -2.39. The van der Waals surface area contributed by atoms with Gasteiger partial charge in [0.05, 0.1) is 7.11 Å². The zero-order valence-electron chi connectivity index (χ0n) is 11.4. The SMILES string of the molecule is COC(=O)C(C)S(=O)(=O)NC1CCc2cc(N)ccc21. The van der Waals surface area contributed by atoms with E-state index in [1.54, 1.807) is 6.07 Å². The summed E-state index contributed by atoms with van der Waals surface area (Å²) in [7, 11) is -2.60. The van der Waals surface area contributed by atoms with Crippen molar-refractivity contribution in [3.63, 3.8) is 0 Å². The number of methoxy groups -OCH3 is 1. The van der Waals surface area contributed by atoms with Crippen LogP contribution in [0.5, 0.6) is 0 Å². The zero-order valence-corrected chi connectivity index (χ0v) is 12.2. The second-order valence-electron chi connectivity index (χ2n) is 4.88. The lowest BCUT2D eigenvalue weighted by atomic mass is 10.1. The van der Waals surface area contributed by atoms with Gasteiger partial charge in [0.15, 0.2) is 5.25 Å². The van der Waals surface area contributed by atoms with Gasteiger partial charge >= 0.3 is 5.97 Å². The number of carbonyl (C=O) groups is 1. The lowest BCUT2D eigenvalue weighted by Gasteiger charge is -2.17. The Morgan fingerprint density at radius 3 is 2.85 bits per heavy atom. The minimum atomic E-state index is -3.76. The minimum Gasteiger partial charge on any atom is -0.468 e. The molecule has 0 radical (unpaired) electrons. The first kappa shape index (κ1) is 14.8. The van der Waals surface area contributed by atoms with Crippen LogP contribution < -0.4 is 10.5 Å². The molecule has 0 fully saturated rings. The molecule has 7 heteroatoms. The van der Waals surface area contributed by atoms with Crippen LogP contribution in [-0.2, 0) is 26.0 Å². The highest BCUT2D eigenvalue weighted by atomic mass is 32.2. The van der Waals surface area contributed by atoms with E-state index in [9.17, 15) is 13.2 Å². The molecule has 110 valence electrons. The van der Waals surface area contributed by atoms with E-state index in [-0.39, 0.29) is 6.04 Å². The monoisotopic (exact) mass is 298 g/mol. The van der Waals surface area contributed by atoms with E-state index >= 15 is 0 Å². The fourth-order valence-electron chi connectivity index (χ4n) is 2.35. The number of nitrogens with one attached hydrogen (secondary N) is 1. The standard InChI is InChI=1S/C13H18N2O4S/c1-8(13(16)19-2)20(17,18)15-12-6-3-9-7-10(14)4-5-11(9)12/h4-5,7-8,12,15H,3,6,14H2,1-2H3. The molecule has 2 rings (SSSR count). The van der Waals surface area contributed by atoms with Gasteiger partial charge in [0.25, 0.3) is 0 Å². The summed E-state index contributed by atoms with van der Waals surface area (Å²) in [6.45, 7) is 1.31. The van der Waals surface area contributed by atoms with E-state index < -0.39 is 21.2 Å². The van der Waals surface area contributed by atoms with Gasteiger partial charge in [-0.05, 0) is 43.0 Å². The maximum atomic E-state index is 12.1. The lowest BCUT2D eigenvalue weighted by molar-refractivity contribution is -0.139. The Kier molecular flexibility index (Phi) is 4.01. The number of anilines is 1. The maximum absolute atomic E-state index is 12.1. The quantitative estimate of drug-likeness (QED) is 0.631. The van der Waals surface area contributed by atoms with E-state index in [1.807, 2.05) is 12.1 Å². The molecular weight excluding hydrogens is 280 g/mol. The number of benzene rings is 1. The fourth-order valence-corrected chi connectivity index (χ4v) is 3.55. The number of hydrogen-bond acceptors (Lipinski definition) is 5. The fraction of sp³-hybridized carbons (Fsp3) is 0.462. The predicted molar refractivity (Wildman–Crippen MR) is 75.4 cm³/mol. The summed E-state index contributed by atoms with van der Waals surface area (Å²) in [4.78, 5) is 11.4. The minimum absolute atomic E-state index is 0.317. The van der Waals surface area contributed by atoms with Gasteiger partial charge in [0.2, 0.25) is 10.0 Å². The maximum Gasteiger partial charge on any atom is 0.325 e. The van der Waals surface area contributed by atoms with Crippen LogP contribution in [0.15, 0.2) is 18.2 Å². The molecule has 1 aliphatic rings. The highest BCUT2D eigenvalue weighted by Gasteiger charge is 2.33. The highest BCUT2D eigenvalue weighted by Crippen LogP contribution is 2.33. The number of aryl methyl sites for hydroxylation is 1. The highest BCUT2D eigenvalue weighted by molar-refractivity contribution is 7.90. The average molecular weight is 298 g/mol. The first-order valence-corrected chi connectivity index (χ1v) is 7.87. The van der Waals surface area contributed by atoms with Crippen molar-refractivity contribution < 1.29 is 17.9 Å². The molecule has 3 N–H and O–H groups in total. The van der Waals surface area contributed by atoms with Crippen LogP contribution >= 0.6 is 0 Å². The largest absolute Gasteiger partial charge is 0.468 e. The Balaban J connectivity index is 2.19. The summed E-state index contributed by atoms with van der Waals surface area (Å²) in [5.74, 6) is -0.770. The van der Waals surface area contributed by atoms with Gasteiger partial charge in [-0.1, -0.05) is 6.07 Å². The number of esters is 1. The summed E-state index contributed by atoms with van der Waals surface area (Å²) in [6, 6.07) is 5.11. The van der Waals surface area contributed by atoms with Crippen molar-refractivity contribution in [2.24, 2.45) is 0 Å². The van der Waals surface area contributed by atoms with Gasteiger partial charge in [-0.25, -0.2) is 13.1 Å². The van der Waals surface area contributed by atoms with Crippen molar-refractivity contribution >= 4 is 21.7 Å². The van der Waals surface area contributed by atoms with Crippen molar-refractivity contribution in [3.05, 3.63) is 29.3 Å². The summed E-state index contributed by atoms with van der Waals surface area (Å²) >= 11 is 0. The van der Waals surface area contributed by atoms with Crippen LogP contribution in [-0.4, -0.2) is 26.7 Å². The number of rotatable bonds is 4. The molecule has 0 saturated heterocycles. The molecule has 20 heavy (non-hydrogen) atoms. The Bertz CT molecular complexity index is 627. The Hall–Kier alpha value is -1.60. The van der Waals surface area contributed by atoms with E-state index in [0.717, 1.165) is 17.5 Å². The smallest absolute Gasteiger partial charge is 0.325 e. The van der Waals surface area contributed by atoms with Crippen molar-refractivity contribution in [2.75, 3.05) is 12.8 Å². The number of nitrogen functional groups attached to an aromatic ring is 1. The van der Waals surface area contributed by atoms with Crippen LogP contribution in [0, 0.1) is 0 Å². The molecule has 0 aliphatic heterocycles. The second kappa shape index (κ2) is 5.41. The van der Waals surface area contributed by atoms with Crippen LogP contribution in [0.25, 0.3) is 0 Å². The van der Waals surface area contributed by atoms with Crippen LogP contribution in [0.3, 0.4) is 0 Å². The Labute approximate surface area is 118 Å². The first-order chi connectivity index (χ1) is 9.35. The van der Waals surface area contributed by atoms with Gasteiger partial charge in [0.1, 0.15) is 0 Å². The number of hydrogen-bond donors (Lipinski definition) is 2. The predicted octanol–water partition coefficient (Wildman–Crippen LogP) is 0.737. The van der Waals surface area contributed by atoms with Gasteiger partial charge in [-0.2, -0.15) is 0 Å². The van der Waals surface area contributed by atoms with E-state index in [4.69, 9.17) is 5.73 Å². The molecule has 0 heterocycles. The molecule has 2 unspecified atom stereocenters. The van der Waals surface area contributed by atoms with Crippen molar-refractivity contribution in [1.82, 2.24) is 4.72 Å².